The minimum atomic E-state index is 0.719. The number of pyridine rings is 1. The summed E-state index contributed by atoms with van der Waals surface area (Å²) in [7, 11) is 0. The quantitative estimate of drug-likeness (QED) is 0.731. The van der Waals surface area contributed by atoms with Crippen LogP contribution in [0.4, 0.5) is 5.69 Å². The molecule has 0 atom stereocenters. The lowest BCUT2D eigenvalue weighted by molar-refractivity contribution is 1.10. The first-order chi connectivity index (χ1) is 8.56. The summed E-state index contributed by atoms with van der Waals surface area (Å²) in [5.41, 5.74) is 3.12. The van der Waals surface area contributed by atoms with E-state index >= 15 is 0 Å². The molecule has 1 aromatic carbocycles. The van der Waals surface area contributed by atoms with Gasteiger partial charge < -0.3 is 5.32 Å². The van der Waals surface area contributed by atoms with Crippen molar-refractivity contribution in [3.05, 3.63) is 55.7 Å². The van der Waals surface area contributed by atoms with E-state index in [1.54, 1.807) is 0 Å². The van der Waals surface area contributed by atoms with Crippen LogP contribution in [0, 0.1) is 6.92 Å². The molecule has 2 nitrogen and oxygen atoms in total. The minimum Gasteiger partial charge on any atom is -0.380 e. The monoisotopic (exact) mass is 388 g/mol. The average molecular weight is 391 g/mol. The molecule has 1 N–H and O–H groups in total. The summed E-state index contributed by atoms with van der Waals surface area (Å²) >= 11 is 12.8. The maximum Gasteiger partial charge on any atom is 0.106 e. The summed E-state index contributed by atoms with van der Waals surface area (Å²) in [6.45, 7) is 2.69. The highest BCUT2D eigenvalue weighted by Crippen LogP contribution is 2.24. The summed E-state index contributed by atoms with van der Waals surface area (Å²) in [6.07, 6.45) is 0. The van der Waals surface area contributed by atoms with E-state index in [0.29, 0.717) is 0 Å². The second kappa shape index (κ2) is 6.04. The van der Waals surface area contributed by atoms with Crippen molar-refractivity contribution in [2.75, 3.05) is 5.32 Å². The largest absolute Gasteiger partial charge is 0.380 e. The van der Waals surface area contributed by atoms with Gasteiger partial charge in [-0.2, -0.15) is 0 Å². The fraction of sp³-hybridized carbons (Fsp3) is 0.154. The van der Waals surface area contributed by atoms with Gasteiger partial charge in [0.15, 0.2) is 0 Å². The van der Waals surface area contributed by atoms with Gasteiger partial charge in [0.2, 0.25) is 0 Å². The average Bonchev–Trinajstić information content (AvgIpc) is 2.32. The summed E-state index contributed by atoms with van der Waals surface area (Å²) in [4.78, 5) is 4.34. The molecule has 5 heteroatoms. The summed E-state index contributed by atoms with van der Waals surface area (Å²) in [5.74, 6) is 0. The SMILES string of the molecule is Cc1nc(Br)ccc1NCc1ccc(Br)c(Cl)c1. The van der Waals surface area contributed by atoms with Crippen LogP contribution in [0.2, 0.25) is 5.02 Å². The molecule has 0 aliphatic heterocycles. The Balaban J connectivity index is 2.09. The van der Waals surface area contributed by atoms with E-state index in [0.717, 1.165) is 37.6 Å². The number of anilines is 1. The molecular formula is C13H11Br2ClN2. The number of benzene rings is 1. The Morgan fingerprint density at radius 3 is 2.67 bits per heavy atom. The number of nitrogens with zero attached hydrogens (tertiary/aromatic N) is 1. The molecule has 1 aromatic heterocycles. The molecule has 18 heavy (non-hydrogen) atoms. The van der Waals surface area contributed by atoms with Gasteiger partial charge in [0.1, 0.15) is 4.60 Å². The molecule has 0 saturated heterocycles. The molecule has 2 aromatic rings. The normalized spacial score (nSPS) is 10.4. The Morgan fingerprint density at radius 1 is 1.22 bits per heavy atom. The number of rotatable bonds is 3. The Labute approximate surface area is 128 Å². The molecular weight excluding hydrogens is 379 g/mol. The van der Waals surface area contributed by atoms with E-state index in [1.807, 2.05) is 37.3 Å². The van der Waals surface area contributed by atoms with Gasteiger partial charge in [-0.05, 0) is 68.6 Å². The Bertz CT molecular complexity index is 573. The molecule has 0 aliphatic carbocycles. The molecule has 1 heterocycles. The molecule has 0 spiro atoms. The number of aromatic nitrogens is 1. The van der Waals surface area contributed by atoms with Crippen molar-refractivity contribution in [3.63, 3.8) is 0 Å². The Morgan fingerprint density at radius 2 is 2.00 bits per heavy atom. The highest BCUT2D eigenvalue weighted by Gasteiger charge is 2.02. The van der Waals surface area contributed by atoms with Crippen LogP contribution >= 0.6 is 43.5 Å². The van der Waals surface area contributed by atoms with E-state index in [4.69, 9.17) is 11.6 Å². The van der Waals surface area contributed by atoms with Gasteiger partial charge in [-0.3, -0.25) is 0 Å². The molecule has 0 unspecified atom stereocenters. The molecule has 94 valence electrons. The fourth-order valence-corrected chi connectivity index (χ4v) is 2.41. The lowest BCUT2D eigenvalue weighted by Gasteiger charge is -2.09. The van der Waals surface area contributed by atoms with Crippen molar-refractivity contribution in [2.24, 2.45) is 0 Å². The van der Waals surface area contributed by atoms with Gasteiger partial charge in [-0.15, -0.1) is 0 Å². The van der Waals surface area contributed by atoms with Gasteiger partial charge in [-0.1, -0.05) is 17.7 Å². The molecule has 0 amide bonds. The summed E-state index contributed by atoms with van der Waals surface area (Å²) in [5, 5.41) is 4.07. The minimum absolute atomic E-state index is 0.719. The topological polar surface area (TPSA) is 24.9 Å². The molecule has 0 saturated carbocycles. The number of hydrogen-bond acceptors (Lipinski definition) is 2. The molecule has 2 rings (SSSR count). The smallest absolute Gasteiger partial charge is 0.106 e. The van der Waals surface area contributed by atoms with Gasteiger partial charge in [0, 0.05) is 11.0 Å². The van der Waals surface area contributed by atoms with Crippen molar-refractivity contribution < 1.29 is 0 Å². The summed E-state index contributed by atoms with van der Waals surface area (Å²) < 4.78 is 1.76. The van der Waals surface area contributed by atoms with Crippen molar-refractivity contribution in [3.8, 4) is 0 Å². The maximum absolute atomic E-state index is 6.05. The van der Waals surface area contributed by atoms with Crippen molar-refractivity contribution in [2.45, 2.75) is 13.5 Å². The number of halogens is 3. The zero-order chi connectivity index (χ0) is 13.1. The van der Waals surface area contributed by atoms with E-state index in [1.165, 1.54) is 0 Å². The van der Waals surface area contributed by atoms with Gasteiger partial charge in [-0.25, -0.2) is 4.98 Å². The van der Waals surface area contributed by atoms with Gasteiger partial charge in [0.25, 0.3) is 0 Å². The van der Waals surface area contributed by atoms with Crippen LogP contribution in [0.25, 0.3) is 0 Å². The van der Waals surface area contributed by atoms with Crippen LogP contribution in [-0.2, 0) is 6.54 Å². The number of aryl methyl sites for hydroxylation is 1. The standard InChI is InChI=1S/C13H11Br2ClN2/c1-8-12(4-5-13(15)18-8)17-7-9-2-3-10(14)11(16)6-9/h2-6,17H,7H2,1H3. The van der Waals surface area contributed by atoms with Gasteiger partial charge in [0.05, 0.1) is 16.4 Å². The first kappa shape index (κ1) is 13.8. The third-order valence-corrected chi connectivity index (χ3v) is 4.19. The Kier molecular flexibility index (Phi) is 4.65. The first-order valence-electron chi connectivity index (χ1n) is 5.37. The van der Waals surface area contributed by atoms with Crippen LogP contribution in [-0.4, -0.2) is 4.98 Å². The highest BCUT2D eigenvalue weighted by atomic mass is 79.9. The first-order valence-corrected chi connectivity index (χ1v) is 7.33. The number of hydrogen-bond donors (Lipinski definition) is 1. The zero-order valence-electron chi connectivity index (χ0n) is 9.67. The molecule has 0 radical (unpaired) electrons. The second-order valence-corrected chi connectivity index (χ2v) is 5.94. The zero-order valence-corrected chi connectivity index (χ0v) is 13.6. The van der Waals surface area contributed by atoms with Crippen molar-refractivity contribution in [1.82, 2.24) is 4.98 Å². The molecule has 0 aliphatic rings. The Hall–Kier alpha value is -0.580. The van der Waals surface area contributed by atoms with Crippen LogP contribution in [0.3, 0.4) is 0 Å². The van der Waals surface area contributed by atoms with Gasteiger partial charge >= 0.3 is 0 Å². The third-order valence-electron chi connectivity index (χ3n) is 2.52. The van der Waals surface area contributed by atoms with Crippen LogP contribution < -0.4 is 5.32 Å². The van der Waals surface area contributed by atoms with E-state index in [-0.39, 0.29) is 0 Å². The summed E-state index contributed by atoms with van der Waals surface area (Å²) in [6, 6.07) is 9.85. The van der Waals surface area contributed by atoms with Crippen LogP contribution in [0.1, 0.15) is 11.3 Å². The predicted octanol–water partition coefficient (Wildman–Crippen LogP) is 5.18. The van der Waals surface area contributed by atoms with Crippen molar-refractivity contribution in [1.29, 1.82) is 0 Å². The maximum atomic E-state index is 6.05. The molecule has 0 fully saturated rings. The fourth-order valence-electron chi connectivity index (χ4n) is 1.56. The lowest BCUT2D eigenvalue weighted by Crippen LogP contribution is -2.02. The number of nitrogens with one attached hydrogen (secondary N) is 1. The second-order valence-electron chi connectivity index (χ2n) is 3.87. The van der Waals surface area contributed by atoms with Crippen LogP contribution in [0.5, 0.6) is 0 Å². The highest BCUT2D eigenvalue weighted by molar-refractivity contribution is 9.10. The third kappa shape index (κ3) is 3.46. The van der Waals surface area contributed by atoms with E-state index in [2.05, 4.69) is 42.2 Å². The molecule has 0 bridgehead atoms. The van der Waals surface area contributed by atoms with Crippen molar-refractivity contribution >= 4 is 49.1 Å². The predicted molar refractivity (Wildman–Crippen MR) is 83.2 cm³/mol. The lowest BCUT2D eigenvalue weighted by atomic mass is 10.2. The van der Waals surface area contributed by atoms with E-state index in [9.17, 15) is 0 Å². The van der Waals surface area contributed by atoms with Crippen LogP contribution in [0.15, 0.2) is 39.4 Å². The van der Waals surface area contributed by atoms with E-state index < -0.39 is 0 Å².